The van der Waals surface area contributed by atoms with Crippen molar-refractivity contribution in [2.24, 2.45) is 0 Å². The summed E-state index contributed by atoms with van der Waals surface area (Å²) in [5.41, 5.74) is 1.57. The standard InChI is InChI=1S/C18H17N7O2S/c26-11-17-23-24-18(28-17)25-8-6-12(10-25)14-4-5-15(22-21-14)20-16(27)9-13-3-1-2-7-19-13/h1-5,7,11-12H,6,8-10H2,(H,20,22,27). The van der Waals surface area contributed by atoms with Gasteiger partial charge in [0.25, 0.3) is 0 Å². The lowest BCUT2D eigenvalue weighted by molar-refractivity contribution is -0.115. The van der Waals surface area contributed by atoms with E-state index >= 15 is 0 Å². The summed E-state index contributed by atoms with van der Waals surface area (Å²) >= 11 is 1.28. The van der Waals surface area contributed by atoms with Gasteiger partial charge in [0, 0.05) is 30.9 Å². The number of amides is 1. The average molecular weight is 395 g/mol. The maximum absolute atomic E-state index is 12.1. The Morgan fingerprint density at radius 3 is 2.86 bits per heavy atom. The summed E-state index contributed by atoms with van der Waals surface area (Å²) in [7, 11) is 0. The first-order valence-electron chi connectivity index (χ1n) is 8.78. The van der Waals surface area contributed by atoms with Crippen molar-refractivity contribution in [3.63, 3.8) is 0 Å². The Balaban J connectivity index is 1.34. The molecule has 10 heteroatoms. The SMILES string of the molecule is O=Cc1nnc(N2CCC(c3ccc(NC(=O)Cc4ccccn4)nn3)C2)s1. The molecule has 0 bridgehead atoms. The highest BCUT2D eigenvalue weighted by molar-refractivity contribution is 7.16. The predicted octanol–water partition coefficient (Wildman–Crippen LogP) is 1.71. The molecular weight excluding hydrogens is 378 g/mol. The smallest absolute Gasteiger partial charge is 0.231 e. The number of carbonyl (C=O) groups excluding carboxylic acids is 2. The van der Waals surface area contributed by atoms with Gasteiger partial charge in [-0.2, -0.15) is 5.10 Å². The highest BCUT2D eigenvalue weighted by atomic mass is 32.1. The molecular formula is C18H17N7O2S. The Labute approximate surface area is 164 Å². The van der Waals surface area contributed by atoms with Gasteiger partial charge in [-0.15, -0.1) is 15.3 Å². The molecule has 1 N–H and O–H groups in total. The summed E-state index contributed by atoms with van der Waals surface area (Å²) in [4.78, 5) is 29.1. The van der Waals surface area contributed by atoms with Crippen molar-refractivity contribution < 1.29 is 9.59 Å². The molecule has 1 amide bonds. The molecule has 4 rings (SSSR count). The van der Waals surface area contributed by atoms with E-state index in [-0.39, 0.29) is 18.2 Å². The van der Waals surface area contributed by atoms with E-state index in [1.165, 1.54) is 11.3 Å². The largest absolute Gasteiger partial charge is 0.346 e. The number of hydrogen-bond donors (Lipinski definition) is 1. The van der Waals surface area contributed by atoms with Crippen molar-refractivity contribution in [1.82, 2.24) is 25.4 Å². The first-order valence-corrected chi connectivity index (χ1v) is 9.60. The molecule has 0 spiro atoms. The van der Waals surface area contributed by atoms with Crippen LogP contribution in [0.15, 0.2) is 36.5 Å². The summed E-state index contributed by atoms with van der Waals surface area (Å²) in [6.07, 6.45) is 3.47. The van der Waals surface area contributed by atoms with Crippen molar-refractivity contribution >= 4 is 34.5 Å². The third-order valence-corrected chi connectivity index (χ3v) is 5.34. The Morgan fingerprint density at radius 2 is 2.14 bits per heavy atom. The lowest BCUT2D eigenvalue weighted by Crippen LogP contribution is -2.19. The predicted molar refractivity (Wildman–Crippen MR) is 103 cm³/mol. The quantitative estimate of drug-likeness (QED) is 0.628. The van der Waals surface area contributed by atoms with Crippen LogP contribution in [0.25, 0.3) is 0 Å². The molecule has 0 aliphatic carbocycles. The fraction of sp³-hybridized carbons (Fsp3) is 0.278. The molecule has 1 aliphatic heterocycles. The van der Waals surface area contributed by atoms with Crippen LogP contribution in [0.1, 0.15) is 33.5 Å². The second kappa shape index (κ2) is 8.17. The van der Waals surface area contributed by atoms with E-state index in [4.69, 9.17) is 0 Å². The van der Waals surface area contributed by atoms with Crippen molar-refractivity contribution in [1.29, 1.82) is 0 Å². The number of aromatic nitrogens is 5. The molecule has 0 saturated carbocycles. The lowest BCUT2D eigenvalue weighted by Gasteiger charge is -2.13. The molecule has 3 aromatic rings. The molecule has 1 saturated heterocycles. The van der Waals surface area contributed by atoms with Crippen molar-refractivity contribution in [3.8, 4) is 0 Å². The molecule has 28 heavy (non-hydrogen) atoms. The van der Waals surface area contributed by atoms with Crippen LogP contribution in [0.3, 0.4) is 0 Å². The normalized spacial score (nSPS) is 16.1. The molecule has 142 valence electrons. The number of pyridine rings is 1. The zero-order valence-corrected chi connectivity index (χ0v) is 15.7. The number of anilines is 2. The van der Waals surface area contributed by atoms with E-state index in [0.717, 1.165) is 30.3 Å². The van der Waals surface area contributed by atoms with Crippen LogP contribution >= 0.6 is 11.3 Å². The molecule has 9 nitrogen and oxygen atoms in total. The van der Waals surface area contributed by atoms with Crippen molar-refractivity contribution in [2.45, 2.75) is 18.8 Å². The molecule has 4 heterocycles. The van der Waals surface area contributed by atoms with Crippen molar-refractivity contribution in [2.75, 3.05) is 23.3 Å². The molecule has 1 atom stereocenters. The first-order chi connectivity index (χ1) is 13.7. The van der Waals surface area contributed by atoms with Crippen LogP contribution in [-0.4, -0.2) is 50.7 Å². The maximum Gasteiger partial charge on any atom is 0.231 e. The molecule has 1 unspecified atom stereocenters. The van der Waals surface area contributed by atoms with Gasteiger partial charge in [0.15, 0.2) is 17.1 Å². The summed E-state index contributed by atoms with van der Waals surface area (Å²) in [5, 5.41) is 20.2. The van der Waals surface area contributed by atoms with E-state index in [0.29, 0.717) is 22.8 Å². The fourth-order valence-electron chi connectivity index (χ4n) is 3.06. The second-order valence-corrected chi connectivity index (χ2v) is 7.35. The summed E-state index contributed by atoms with van der Waals surface area (Å²) < 4.78 is 0. The number of nitrogens with one attached hydrogen (secondary N) is 1. The number of aldehydes is 1. The van der Waals surface area contributed by atoms with E-state index in [1.807, 2.05) is 18.2 Å². The van der Waals surface area contributed by atoms with E-state index in [2.05, 4.69) is 35.6 Å². The third kappa shape index (κ3) is 4.17. The summed E-state index contributed by atoms with van der Waals surface area (Å²) in [5.74, 6) is 0.448. The van der Waals surface area contributed by atoms with Gasteiger partial charge in [-0.05, 0) is 30.7 Å². The third-order valence-electron chi connectivity index (χ3n) is 4.43. The summed E-state index contributed by atoms with van der Waals surface area (Å²) in [6.45, 7) is 1.57. The van der Waals surface area contributed by atoms with Gasteiger partial charge in [0.2, 0.25) is 11.0 Å². The van der Waals surface area contributed by atoms with Gasteiger partial charge in [-0.25, -0.2) is 0 Å². The van der Waals surface area contributed by atoms with Gasteiger partial charge < -0.3 is 10.2 Å². The molecule has 1 fully saturated rings. The van der Waals surface area contributed by atoms with Crippen LogP contribution in [0.5, 0.6) is 0 Å². The van der Waals surface area contributed by atoms with Gasteiger partial charge >= 0.3 is 0 Å². The van der Waals surface area contributed by atoms with Crippen LogP contribution in [0.2, 0.25) is 0 Å². The van der Waals surface area contributed by atoms with E-state index in [9.17, 15) is 9.59 Å². The topological polar surface area (TPSA) is 114 Å². The van der Waals surface area contributed by atoms with Crippen LogP contribution in [0.4, 0.5) is 10.9 Å². The first kappa shape index (κ1) is 18.1. The number of nitrogens with zero attached hydrogens (tertiary/aromatic N) is 6. The van der Waals surface area contributed by atoms with Crippen molar-refractivity contribution in [3.05, 3.63) is 52.9 Å². The van der Waals surface area contributed by atoms with Gasteiger partial charge in [-0.3, -0.25) is 14.6 Å². The summed E-state index contributed by atoms with van der Waals surface area (Å²) in [6, 6.07) is 9.10. The fourth-order valence-corrected chi connectivity index (χ4v) is 3.75. The Bertz CT molecular complexity index is 962. The van der Waals surface area contributed by atoms with Gasteiger partial charge in [0.05, 0.1) is 12.1 Å². The van der Waals surface area contributed by atoms with Gasteiger partial charge in [0.1, 0.15) is 0 Å². The van der Waals surface area contributed by atoms with Crippen LogP contribution in [-0.2, 0) is 11.2 Å². The number of carbonyl (C=O) groups is 2. The van der Waals surface area contributed by atoms with Crippen LogP contribution < -0.4 is 10.2 Å². The monoisotopic (exact) mass is 395 g/mol. The van der Waals surface area contributed by atoms with E-state index < -0.39 is 0 Å². The zero-order chi connectivity index (χ0) is 19.3. The lowest BCUT2D eigenvalue weighted by atomic mass is 10.1. The minimum Gasteiger partial charge on any atom is -0.346 e. The van der Waals surface area contributed by atoms with E-state index in [1.54, 1.807) is 18.3 Å². The van der Waals surface area contributed by atoms with Crippen LogP contribution in [0, 0.1) is 0 Å². The molecule has 3 aromatic heterocycles. The Kier molecular flexibility index (Phi) is 5.29. The Morgan fingerprint density at radius 1 is 1.21 bits per heavy atom. The zero-order valence-electron chi connectivity index (χ0n) is 14.9. The highest BCUT2D eigenvalue weighted by Crippen LogP contribution is 2.31. The van der Waals surface area contributed by atoms with Gasteiger partial charge in [-0.1, -0.05) is 17.4 Å². The maximum atomic E-state index is 12.1. The minimum atomic E-state index is -0.185. The second-order valence-electron chi connectivity index (χ2n) is 6.36. The molecule has 1 aliphatic rings. The minimum absolute atomic E-state index is 0.185. The number of hydrogen-bond acceptors (Lipinski definition) is 9. The highest BCUT2D eigenvalue weighted by Gasteiger charge is 2.27. The average Bonchev–Trinajstić information content (AvgIpc) is 3.39. The molecule has 0 aromatic carbocycles. The molecule has 0 radical (unpaired) electrons. The number of rotatable bonds is 6. The Hall–Kier alpha value is -3.27.